The van der Waals surface area contributed by atoms with Gasteiger partial charge in [-0.1, -0.05) is 12.1 Å². The van der Waals surface area contributed by atoms with Crippen LogP contribution < -0.4 is 10.1 Å². The van der Waals surface area contributed by atoms with Gasteiger partial charge in [-0.25, -0.2) is 4.99 Å². The van der Waals surface area contributed by atoms with Crippen LogP contribution in [-0.4, -0.2) is 88.1 Å². The Balaban J connectivity index is 1.30. The van der Waals surface area contributed by atoms with Crippen LogP contribution in [0, 0.1) is 5.41 Å². The standard InChI is InChI=1S/C23H36N4O3/c1-2-24-22(27-8-6-23(18-27)7-12-29-19-23)25-17-20-4-3-5-21(16-20)30-15-11-26-9-13-28-14-10-26/h3-5,16H,2,6-15,17-19H2,1H3,(H,24,25). The van der Waals surface area contributed by atoms with Crippen molar-refractivity contribution in [2.75, 3.05) is 72.3 Å². The van der Waals surface area contributed by atoms with Crippen LogP contribution in [0.15, 0.2) is 29.3 Å². The largest absolute Gasteiger partial charge is 0.492 e. The molecule has 3 aliphatic rings. The lowest BCUT2D eigenvalue weighted by atomic mass is 9.87. The molecule has 0 radical (unpaired) electrons. The normalized spacial score (nSPS) is 25.2. The van der Waals surface area contributed by atoms with Gasteiger partial charge in [0.15, 0.2) is 5.96 Å². The zero-order valence-electron chi connectivity index (χ0n) is 18.3. The summed E-state index contributed by atoms with van der Waals surface area (Å²) in [6, 6.07) is 8.32. The van der Waals surface area contributed by atoms with E-state index in [0.29, 0.717) is 18.6 Å². The summed E-state index contributed by atoms with van der Waals surface area (Å²) in [4.78, 5) is 9.72. The number of rotatable bonds is 7. The molecule has 0 aliphatic carbocycles. The summed E-state index contributed by atoms with van der Waals surface area (Å²) in [5.41, 5.74) is 1.51. The molecule has 166 valence electrons. The van der Waals surface area contributed by atoms with Gasteiger partial charge in [-0.05, 0) is 37.5 Å². The zero-order chi connectivity index (χ0) is 20.7. The Morgan fingerprint density at radius 2 is 2.07 bits per heavy atom. The van der Waals surface area contributed by atoms with Gasteiger partial charge in [-0.15, -0.1) is 0 Å². The highest BCUT2D eigenvalue weighted by Crippen LogP contribution is 2.38. The Morgan fingerprint density at radius 1 is 1.17 bits per heavy atom. The Labute approximate surface area is 180 Å². The molecule has 7 heteroatoms. The predicted molar refractivity (Wildman–Crippen MR) is 118 cm³/mol. The maximum absolute atomic E-state index is 6.00. The number of hydrogen-bond donors (Lipinski definition) is 1. The van der Waals surface area contributed by atoms with E-state index in [-0.39, 0.29) is 0 Å². The van der Waals surface area contributed by atoms with Crippen LogP contribution in [0.1, 0.15) is 25.3 Å². The molecule has 1 atom stereocenters. The lowest BCUT2D eigenvalue weighted by Gasteiger charge is -2.26. The van der Waals surface area contributed by atoms with E-state index >= 15 is 0 Å². The highest BCUT2D eigenvalue weighted by molar-refractivity contribution is 5.80. The number of benzene rings is 1. The van der Waals surface area contributed by atoms with Gasteiger partial charge in [0.1, 0.15) is 12.4 Å². The van der Waals surface area contributed by atoms with Gasteiger partial charge >= 0.3 is 0 Å². The number of morpholine rings is 1. The van der Waals surface area contributed by atoms with Crippen molar-refractivity contribution in [2.45, 2.75) is 26.3 Å². The SMILES string of the molecule is CCNC(=NCc1cccc(OCCN2CCOCC2)c1)N1CCC2(CCOC2)C1. The molecule has 3 heterocycles. The second-order valence-electron chi connectivity index (χ2n) is 8.59. The minimum Gasteiger partial charge on any atom is -0.492 e. The van der Waals surface area contributed by atoms with Gasteiger partial charge in [-0.3, -0.25) is 4.90 Å². The number of hydrogen-bond acceptors (Lipinski definition) is 5. The molecule has 0 bridgehead atoms. The second-order valence-corrected chi connectivity index (χ2v) is 8.59. The molecule has 1 spiro atoms. The highest BCUT2D eigenvalue weighted by atomic mass is 16.5. The van der Waals surface area contributed by atoms with E-state index in [0.717, 1.165) is 77.4 Å². The molecule has 1 aromatic rings. The first-order valence-electron chi connectivity index (χ1n) is 11.4. The van der Waals surface area contributed by atoms with Gasteiger partial charge < -0.3 is 24.4 Å². The Morgan fingerprint density at radius 3 is 2.87 bits per heavy atom. The number of likely N-dealkylation sites (tertiary alicyclic amines) is 1. The minimum atomic E-state index is 0.338. The Hall–Kier alpha value is -1.83. The summed E-state index contributed by atoms with van der Waals surface area (Å²) < 4.78 is 17.1. The third-order valence-electron chi connectivity index (χ3n) is 6.35. The molecule has 1 aromatic carbocycles. The molecular weight excluding hydrogens is 380 g/mol. The average molecular weight is 417 g/mol. The third-order valence-corrected chi connectivity index (χ3v) is 6.35. The summed E-state index contributed by atoms with van der Waals surface area (Å²) in [6.45, 7) is 12.8. The fourth-order valence-corrected chi connectivity index (χ4v) is 4.53. The molecule has 0 aromatic heterocycles. The smallest absolute Gasteiger partial charge is 0.194 e. The van der Waals surface area contributed by atoms with E-state index in [1.54, 1.807) is 0 Å². The average Bonchev–Trinajstić information content (AvgIpc) is 3.42. The van der Waals surface area contributed by atoms with Crippen LogP contribution in [0.3, 0.4) is 0 Å². The van der Waals surface area contributed by atoms with Crippen LogP contribution in [0.25, 0.3) is 0 Å². The number of ether oxygens (including phenoxy) is 3. The third kappa shape index (κ3) is 5.65. The first-order valence-corrected chi connectivity index (χ1v) is 11.4. The van der Waals surface area contributed by atoms with Crippen LogP contribution in [0.5, 0.6) is 5.75 Å². The van der Waals surface area contributed by atoms with Crippen molar-refractivity contribution in [1.82, 2.24) is 15.1 Å². The maximum Gasteiger partial charge on any atom is 0.194 e. The van der Waals surface area contributed by atoms with Gasteiger partial charge in [0, 0.05) is 51.3 Å². The molecule has 30 heavy (non-hydrogen) atoms. The van der Waals surface area contributed by atoms with Crippen LogP contribution in [0.4, 0.5) is 0 Å². The predicted octanol–water partition coefficient (Wildman–Crippen LogP) is 1.98. The first kappa shape index (κ1) is 21.4. The number of aliphatic imine (C=N–C) groups is 1. The highest BCUT2D eigenvalue weighted by Gasteiger charge is 2.42. The second kappa shape index (κ2) is 10.5. The molecule has 1 unspecified atom stereocenters. The molecule has 0 saturated carbocycles. The molecule has 1 N–H and O–H groups in total. The van der Waals surface area contributed by atoms with E-state index in [4.69, 9.17) is 19.2 Å². The summed E-state index contributed by atoms with van der Waals surface area (Å²) in [6.07, 6.45) is 2.37. The first-order chi connectivity index (χ1) is 14.8. The minimum absolute atomic E-state index is 0.338. The van der Waals surface area contributed by atoms with E-state index in [9.17, 15) is 0 Å². The van der Waals surface area contributed by atoms with Gasteiger partial charge in [0.25, 0.3) is 0 Å². The van der Waals surface area contributed by atoms with E-state index in [1.165, 1.54) is 18.4 Å². The molecule has 3 aliphatic heterocycles. The lowest BCUT2D eigenvalue weighted by Crippen LogP contribution is -2.41. The summed E-state index contributed by atoms with van der Waals surface area (Å²) in [5, 5.41) is 3.47. The molecule has 3 saturated heterocycles. The quantitative estimate of drug-likeness (QED) is 0.542. The fraction of sp³-hybridized carbons (Fsp3) is 0.696. The fourth-order valence-electron chi connectivity index (χ4n) is 4.53. The topological polar surface area (TPSA) is 58.6 Å². The van der Waals surface area contributed by atoms with E-state index in [1.807, 2.05) is 6.07 Å². The van der Waals surface area contributed by atoms with Crippen LogP contribution in [0.2, 0.25) is 0 Å². The van der Waals surface area contributed by atoms with E-state index in [2.05, 4.69) is 40.2 Å². The van der Waals surface area contributed by atoms with Crippen molar-refractivity contribution < 1.29 is 14.2 Å². The van der Waals surface area contributed by atoms with Crippen molar-refractivity contribution in [3.8, 4) is 5.75 Å². The van der Waals surface area contributed by atoms with Crippen molar-refractivity contribution in [3.05, 3.63) is 29.8 Å². The maximum atomic E-state index is 6.00. The zero-order valence-corrected chi connectivity index (χ0v) is 18.3. The van der Waals surface area contributed by atoms with Gasteiger partial charge in [0.05, 0.1) is 26.4 Å². The lowest BCUT2D eigenvalue weighted by molar-refractivity contribution is 0.0322. The molecule has 7 nitrogen and oxygen atoms in total. The molecular formula is C23H36N4O3. The van der Waals surface area contributed by atoms with Crippen LogP contribution >= 0.6 is 0 Å². The summed E-state index contributed by atoms with van der Waals surface area (Å²) in [7, 11) is 0. The van der Waals surface area contributed by atoms with Gasteiger partial charge in [-0.2, -0.15) is 0 Å². The van der Waals surface area contributed by atoms with E-state index < -0.39 is 0 Å². The van der Waals surface area contributed by atoms with Crippen molar-refractivity contribution in [3.63, 3.8) is 0 Å². The molecule has 3 fully saturated rings. The number of nitrogens with one attached hydrogen (secondary N) is 1. The Kier molecular flexibility index (Phi) is 7.47. The van der Waals surface area contributed by atoms with Crippen molar-refractivity contribution >= 4 is 5.96 Å². The molecule has 0 amide bonds. The van der Waals surface area contributed by atoms with Crippen molar-refractivity contribution in [1.29, 1.82) is 0 Å². The monoisotopic (exact) mass is 416 g/mol. The van der Waals surface area contributed by atoms with Crippen molar-refractivity contribution in [2.24, 2.45) is 10.4 Å². The summed E-state index contributed by atoms with van der Waals surface area (Å²) >= 11 is 0. The van der Waals surface area contributed by atoms with Gasteiger partial charge in [0.2, 0.25) is 0 Å². The Bertz CT molecular complexity index is 699. The molecule has 4 rings (SSSR count). The van der Waals surface area contributed by atoms with Crippen LogP contribution in [-0.2, 0) is 16.0 Å². The number of nitrogens with zero attached hydrogens (tertiary/aromatic N) is 3. The number of guanidine groups is 1. The summed E-state index contributed by atoms with van der Waals surface area (Å²) in [5.74, 6) is 1.93.